The second-order valence-electron chi connectivity index (χ2n) is 3.90. The van der Waals surface area contributed by atoms with Gasteiger partial charge in [0.25, 0.3) is 0 Å². The lowest BCUT2D eigenvalue weighted by Gasteiger charge is -2.03. The van der Waals surface area contributed by atoms with Crippen molar-refractivity contribution in [1.29, 1.82) is 0 Å². The van der Waals surface area contributed by atoms with Crippen LogP contribution in [0, 0.1) is 6.92 Å². The summed E-state index contributed by atoms with van der Waals surface area (Å²) in [5, 5.41) is 0.676. The third-order valence-electron chi connectivity index (χ3n) is 2.55. The zero-order chi connectivity index (χ0) is 12.3. The van der Waals surface area contributed by atoms with E-state index >= 15 is 0 Å². The van der Waals surface area contributed by atoms with E-state index in [2.05, 4.69) is 4.98 Å². The quantitative estimate of drug-likeness (QED) is 0.775. The van der Waals surface area contributed by atoms with Crippen molar-refractivity contribution >= 4 is 17.4 Å². The number of hydrogen-bond donors (Lipinski definition) is 0. The van der Waals surface area contributed by atoms with Crippen LogP contribution in [0.3, 0.4) is 0 Å². The molecule has 0 atom stereocenters. The second-order valence-corrected chi connectivity index (χ2v) is 4.33. The predicted molar refractivity (Wildman–Crippen MR) is 68.5 cm³/mol. The van der Waals surface area contributed by atoms with Gasteiger partial charge in [-0.1, -0.05) is 29.8 Å². The number of aromatic nitrogens is 1. The van der Waals surface area contributed by atoms with Gasteiger partial charge in [0, 0.05) is 17.6 Å². The first-order valence-corrected chi connectivity index (χ1v) is 5.74. The molecular weight excluding hydrogens is 234 g/mol. The van der Waals surface area contributed by atoms with E-state index in [0.717, 1.165) is 11.1 Å². The lowest BCUT2D eigenvalue weighted by atomic mass is 10.0. The fourth-order valence-electron chi connectivity index (χ4n) is 1.65. The first kappa shape index (κ1) is 11.8. The number of Topliss-reactive ketones (excluding diaryl/α,β-unsaturated/α-hetero) is 1. The normalized spacial score (nSPS) is 10.2. The first-order chi connectivity index (χ1) is 8.16. The van der Waals surface area contributed by atoms with Gasteiger partial charge in [-0.3, -0.25) is 9.78 Å². The van der Waals surface area contributed by atoms with Gasteiger partial charge in [-0.25, -0.2) is 0 Å². The average Bonchev–Trinajstić information content (AvgIpc) is 2.32. The van der Waals surface area contributed by atoms with E-state index in [0.29, 0.717) is 17.1 Å². The Morgan fingerprint density at radius 3 is 2.59 bits per heavy atom. The summed E-state index contributed by atoms with van der Waals surface area (Å²) in [6, 6.07) is 11.0. The van der Waals surface area contributed by atoms with Crippen LogP contribution < -0.4 is 0 Å². The average molecular weight is 246 g/mol. The molecule has 1 aromatic carbocycles. The zero-order valence-electron chi connectivity index (χ0n) is 9.48. The van der Waals surface area contributed by atoms with Gasteiger partial charge in [0.1, 0.15) is 5.69 Å². The van der Waals surface area contributed by atoms with Crippen LogP contribution in [-0.2, 0) is 6.42 Å². The molecule has 2 nitrogen and oxygen atoms in total. The molecule has 0 amide bonds. The predicted octanol–water partition coefficient (Wildman–Crippen LogP) is 3.47. The van der Waals surface area contributed by atoms with E-state index in [1.165, 1.54) is 0 Å². The molecule has 0 N–H and O–H groups in total. The second kappa shape index (κ2) is 5.11. The van der Waals surface area contributed by atoms with E-state index < -0.39 is 0 Å². The number of ketones is 1. The summed E-state index contributed by atoms with van der Waals surface area (Å²) in [5.41, 5.74) is 2.40. The third kappa shape index (κ3) is 2.92. The highest BCUT2D eigenvalue weighted by molar-refractivity contribution is 6.30. The minimum Gasteiger partial charge on any atom is -0.292 e. The van der Waals surface area contributed by atoms with Gasteiger partial charge in [0.05, 0.1) is 0 Å². The van der Waals surface area contributed by atoms with Gasteiger partial charge in [0.15, 0.2) is 5.78 Å². The fourth-order valence-corrected chi connectivity index (χ4v) is 1.77. The minimum atomic E-state index is 0.0328. The van der Waals surface area contributed by atoms with Crippen molar-refractivity contribution in [2.75, 3.05) is 0 Å². The molecule has 3 heteroatoms. The number of carbonyl (C=O) groups is 1. The summed E-state index contributed by atoms with van der Waals surface area (Å²) >= 11 is 5.79. The van der Waals surface area contributed by atoms with Gasteiger partial charge in [-0.2, -0.15) is 0 Å². The van der Waals surface area contributed by atoms with Crippen molar-refractivity contribution in [3.8, 4) is 0 Å². The van der Waals surface area contributed by atoms with Crippen LogP contribution in [0.15, 0.2) is 42.6 Å². The Labute approximate surface area is 105 Å². The molecule has 2 aromatic rings. The van der Waals surface area contributed by atoms with Crippen LogP contribution in [0.2, 0.25) is 5.02 Å². The monoisotopic (exact) mass is 245 g/mol. The molecule has 2 rings (SSSR count). The summed E-state index contributed by atoms with van der Waals surface area (Å²) < 4.78 is 0. The Morgan fingerprint density at radius 2 is 1.94 bits per heavy atom. The van der Waals surface area contributed by atoms with Crippen molar-refractivity contribution in [3.63, 3.8) is 0 Å². The van der Waals surface area contributed by atoms with Gasteiger partial charge in [-0.05, 0) is 36.2 Å². The number of aryl methyl sites for hydroxylation is 1. The Hall–Kier alpha value is -1.67. The molecule has 0 saturated heterocycles. The number of halogens is 1. The molecule has 0 aliphatic heterocycles. The lowest BCUT2D eigenvalue weighted by molar-refractivity contribution is 0.0987. The molecule has 0 aliphatic carbocycles. The van der Waals surface area contributed by atoms with Crippen LogP contribution in [0.25, 0.3) is 0 Å². The van der Waals surface area contributed by atoms with Crippen LogP contribution in [0.4, 0.5) is 0 Å². The molecule has 0 spiro atoms. The molecule has 17 heavy (non-hydrogen) atoms. The van der Waals surface area contributed by atoms with Crippen molar-refractivity contribution < 1.29 is 4.79 Å². The van der Waals surface area contributed by atoms with E-state index in [1.54, 1.807) is 18.3 Å². The highest BCUT2D eigenvalue weighted by atomic mass is 35.5. The number of pyridine rings is 1. The number of carbonyl (C=O) groups excluding carboxylic acids is 1. The molecule has 0 aliphatic rings. The maximum absolute atomic E-state index is 12.0. The highest BCUT2D eigenvalue weighted by Crippen LogP contribution is 2.12. The number of benzene rings is 1. The SMILES string of the molecule is Cc1cccnc1C(=O)Cc1ccc(Cl)cc1. The Kier molecular flexibility index (Phi) is 3.55. The summed E-state index contributed by atoms with van der Waals surface area (Å²) in [5.74, 6) is 0.0328. The van der Waals surface area contributed by atoms with E-state index in [4.69, 9.17) is 11.6 Å². The largest absolute Gasteiger partial charge is 0.292 e. The van der Waals surface area contributed by atoms with Crippen LogP contribution >= 0.6 is 11.6 Å². The summed E-state index contributed by atoms with van der Waals surface area (Å²) in [6.07, 6.45) is 2.00. The molecule has 0 radical (unpaired) electrons. The smallest absolute Gasteiger partial charge is 0.185 e. The Bertz CT molecular complexity index is 534. The number of rotatable bonds is 3. The summed E-state index contributed by atoms with van der Waals surface area (Å²) in [7, 11) is 0. The Morgan fingerprint density at radius 1 is 1.24 bits per heavy atom. The van der Waals surface area contributed by atoms with Crippen LogP contribution in [-0.4, -0.2) is 10.8 Å². The fraction of sp³-hybridized carbons (Fsp3) is 0.143. The van der Waals surface area contributed by atoms with Gasteiger partial charge >= 0.3 is 0 Å². The third-order valence-corrected chi connectivity index (χ3v) is 2.80. The van der Waals surface area contributed by atoms with Crippen molar-refractivity contribution in [2.24, 2.45) is 0 Å². The van der Waals surface area contributed by atoms with Crippen molar-refractivity contribution in [1.82, 2.24) is 4.98 Å². The zero-order valence-corrected chi connectivity index (χ0v) is 10.2. The topological polar surface area (TPSA) is 30.0 Å². The molecule has 1 heterocycles. The lowest BCUT2D eigenvalue weighted by Crippen LogP contribution is -2.07. The summed E-state index contributed by atoms with van der Waals surface area (Å²) in [6.45, 7) is 1.89. The van der Waals surface area contributed by atoms with Crippen molar-refractivity contribution in [3.05, 3.63) is 64.4 Å². The van der Waals surface area contributed by atoms with Crippen molar-refractivity contribution in [2.45, 2.75) is 13.3 Å². The molecule has 0 fully saturated rings. The molecule has 0 bridgehead atoms. The van der Waals surface area contributed by atoms with E-state index in [9.17, 15) is 4.79 Å². The molecular formula is C14H12ClNO. The van der Waals surface area contributed by atoms with Gasteiger partial charge in [-0.15, -0.1) is 0 Å². The van der Waals surface area contributed by atoms with Crippen LogP contribution in [0.1, 0.15) is 21.6 Å². The maximum Gasteiger partial charge on any atom is 0.185 e. The maximum atomic E-state index is 12.0. The van der Waals surface area contributed by atoms with Gasteiger partial charge in [0.2, 0.25) is 0 Å². The molecule has 0 unspecified atom stereocenters. The summed E-state index contributed by atoms with van der Waals surface area (Å²) in [4.78, 5) is 16.1. The first-order valence-electron chi connectivity index (χ1n) is 5.36. The number of hydrogen-bond acceptors (Lipinski definition) is 2. The van der Waals surface area contributed by atoms with Gasteiger partial charge < -0.3 is 0 Å². The Balaban J connectivity index is 2.17. The highest BCUT2D eigenvalue weighted by Gasteiger charge is 2.10. The number of nitrogens with zero attached hydrogens (tertiary/aromatic N) is 1. The van der Waals surface area contributed by atoms with Crippen LogP contribution in [0.5, 0.6) is 0 Å². The molecule has 1 aromatic heterocycles. The van der Waals surface area contributed by atoms with E-state index in [-0.39, 0.29) is 5.78 Å². The standard InChI is InChI=1S/C14H12ClNO/c1-10-3-2-8-16-14(10)13(17)9-11-4-6-12(15)7-5-11/h2-8H,9H2,1H3. The molecule has 0 saturated carbocycles. The van der Waals surface area contributed by atoms with E-state index in [1.807, 2.05) is 31.2 Å². The molecule has 86 valence electrons. The minimum absolute atomic E-state index is 0.0328.